The molecule has 2 aromatic rings. The van der Waals surface area contributed by atoms with Gasteiger partial charge in [-0.2, -0.15) is 0 Å². The Balaban J connectivity index is 2.42. The molecule has 1 aromatic heterocycles. The molecule has 2 N–H and O–H groups in total. The largest absolute Gasteiger partial charge is 0.472 e. The summed E-state index contributed by atoms with van der Waals surface area (Å²) in [6, 6.07) is 7.60. The van der Waals surface area contributed by atoms with E-state index in [0.29, 0.717) is 11.7 Å². The van der Waals surface area contributed by atoms with Crippen molar-refractivity contribution >= 4 is 16.9 Å². The standard InChI is InChI=1S/C12H15N3O/c1-3-8(2)16-12-11(13)14-9-6-4-5-7-10(9)15-12/h4-8H,3H2,1-2H3,(H2,13,14). The van der Waals surface area contributed by atoms with Crippen molar-refractivity contribution in [3.63, 3.8) is 0 Å². The minimum absolute atomic E-state index is 0.0952. The number of rotatable bonds is 3. The van der Waals surface area contributed by atoms with Crippen molar-refractivity contribution in [2.24, 2.45) is 0 Å². The first-order chi connectivity index (χ1) is 7.70. The van der Waals surface area contributed by atoms with Crippen molar-refractivity contribution in [3.05, 3.63) is 24.3 Å². The minimum Gasteiger partial charge on any atom is -0.472 e. The summed E-state index contributed by atoms with van der Waals surface area (Å²) in [5, 5.41) is 0. The van der Waals surface area contributed by atoms with Crippen LogP contribution >= 0.6 is 0 Å². The molecule has 0 aliphatic heterocycles. The van der Waals surface area contributed by atoms with E-state index in [4.69, 9.17) is 10.5 Å². The SMILES string of the molecule is CCC(C)Oc1nc2ccccc2nc1N. The molecule has 1 aromatic carbocycles. The predicted molar refractivity (Wildman–Crippen MR) is 64.3 cm³/mol. The van der Waals surface area contributed by atoms with E-state index in [0.717, 1.165) is 17.5 Å². The van der Waals surface area contributed by atoms with Gasteiger partial charge >= 0.3 is 0 Å². The number of nitrogens with zero attached hydrogens (tertiary/aromatic N) is 2. The third-order valence-corrected chi connectivity index (χ3v) is 2.45. The van der Waals surface area contributed by atoms with Crippen molar-refractivity contribution in [1.82, 2.24) is 9.97 Å². The van der Waals surface area contributed by atoms with Crippen LogP contribution in [0.4, 0.5) is 5.82 Å². The van der Waals surface area contributed by atoms with Crippen molar-refractivity contribution < 1.29 is 4.74 Å². The molecule has 4 nitrogen and oxygen atoms in total. The number of para-hydroxylation sites is 2. The Morgan fingerprint density at radius 1 is 1.25 bits per heavy atom. The van der Waals surface area contributed by atoms with Gasteiger partial charge in [0.25, 0.3) is 5.88 Å². The maximum atomic E-state index is 5.79. The van der Waals surface area contributed by atoms with E-state index >= 15 is 0 Å². The topological polar surface area (TPSA) is 61.0 Å². The van der Waals surface area contributed by atoms with Gasteiger partial charge in [0.1, 0.15) is 0 Å². The first-order valence-electron chi connectivity index (χ1n) is 5.39. The zero-order valence-corrected chi connectivity index (χ0v) is 9.47. The van der Waals surface area contributed by atoms with Gasteiger partial charge in [0.15, 0.2) is 5.82 Å². The van der Waals surface area contributed by atoms with E-state index in [2.05, 4.69) is 16.9 Å². The lowest BCUT2D eigenvalue weighted by Crippen LogP contribution is -2.13. The monoisotopic (exact) mass is 217 g/mol. The van der Waals surface area contributed by atoms with E-state index in [1.54, 1.807) is 0 Å². The Morgan fingerprint density at radius 2 is 1.88 bits per heavy atom. The Morgan fingerprint density at radius 3 is 2.50 bits per heavy atom. The van der Waals surface area contributed by atoms with Crippen molar-refractivity contribution in [2.75, 3.05) is 5.73 Å². The summed E-state index contributed by atoms with van der Waals surface area (Å²) in [6.07, 6.45) is 1.01. The van der Waals surface area contributed by atoms with Crippen molar-refractivity contribution in [2.45, 2.75) is 26.4 Å². The van der Waals surface area contributed by atoms with Crippen LogP contribution in [0.5, 0.6) is 5.88 Å². The molecule has 1 heterocycles. The average molecular weight is 217 g/mol. The Labute approximate surface area is 94.5 Å². The van der Waals surface area contributed by atoms with Crippen molar-refractivity contribution in [1.29, 1.82) is 0 Å². The second kappa shape index (κ2) is 4.35. The molecule has 0 aliphatic rings. The summed E-state index contributed by atoms with van der Waals surface area (Å²) in [5.74, 6) is 0.770. The quantitative estimate of drug-likeness (QED) is 0.857. The molecule has 84 valence electrons. The van der Waals surface area contributed by atoms with Gasteiger partial charge in [0, 0.05) is 0 Å². The van der Waals surface area contributed by atoms with Crippen LogP contribution in [-0.2, 0) is 0 Å². The summed E-state index contributed by atoms with van der Waals surface area (Å²) in [7, 11) is 0. The molecular formula is C12H15N3O. The van der Waals surface area contributed by atoms with Gasteiger partial charge in [-0.15, -0.1) is 0 Å². The zero-order chi connectivity index (χ0) is 11.5. The fraction of sp³-hybridized carbons (Fsp3) is 0.333. The summed E-state index contributed by atoms with van der Waals surface area (Å²) < 4.78 is 5.60. The number of aromatic nitrogens is 2. The maximum absolute atomic E-state index is 5.79. The molecule has 0 bridgehead atoms. The molecule has 1 unspecified atom stereocenters. The first-order valence-corrected chi connectivity index (χ1v) is 5.39. The molecule has 0 fully saturated rings. The van der Waals surface area contributed by atoms with Crippen molar-refractivity contribution in [3.8, 4) is 5.88 Å². The second-order valence-electron chi connectivity index (χ2n) is 3.74. The third kappa shape index (κ3) is 2.05. The van der Waals surface area contributed by atoms with Crippen LogP contribution in [0.25, 0.3) is 11.0 Å². The van der Waals surface area contributed by atoms with E-state index < -0.39 is 0 Å². The van der Waals surface area contributed by atoms with E-state index in [1.165, 1.54) is 0 Å². The molecule has 2 rings (SSSR count). The molecule has 0 aliphatic carbocycles. The highest BCUT2D eigenvalue weighted by Gasteiger charge is 2.09. The molecule has 0 saturated heterocycles. The zero-order valence-electron chi connectivity index (χ0n) is 9.47. The molecule has 0 saturated carbocycles. The summed E-state index contributed by atoms with van der Waals surface area (Å²) in [6.45, 7) is 4.03. The second-order valence-corrected chi connectivity index (χ2v) is 3.74. The van der Waals surface area contributed by atoms with Gasteiger partial charge in [-0.05, 0) is 25.5 Å². The maximum Gasteiger partial charge on any atom is 0.258 e. The number of benzene rings is 1. The van der Waals surface area contributed by atoms with Crippen LogP contribution in [0.15, 0.2) is 24.3 Å². The normalized spacial score (nSPS) is 12.6. The summed E-state index contributed by atoms with van der Waals surface area (Å²) >= 11 is 0. The lowest BCUT2D eigenvalue weighted by Gasteiger charge is -2.13. The molecule has 16 heavy (non-hydrogen) atoms. The van der Waals surface area contributed by atoms with Crippen LogP contribution < -0.4 is 10.5 Å². The minimum atomic E-state index is 0.0952. The number of anilines is 1. The highest BCUT2D eigenvalue weighted by molar-refractivity contribution is 5.76. The Hall–Kier alpha value is -1.84. The third-order valence-electron chi connectivity index (χ3n) is 2.45. The highest BCUT2D eigenvalue weighted by atomic mass is 16.5. The molecule has 1 atom stereocenters. The lowest BCUT2D eigenvalue weighted by molar-refractivity contribution is 0.210. The average Bonchev–Trinajstić information content (AvgIpc) is 2.30. The molecular weight excluding hydrogens is 202 g/mol. The van der Waals surface area contributed by atoms with Crippen LogP contribution in [-0.4, -0.2) is 16.1 Å². The lowest BCUT2D eigenvalue weighted by atomic mass is 10.3. The van der Waals surface area contributed by atoms with Gasteiger partial charge in [-0.3, -0.25) is 0 Å². The highest BCUT2D eigenvalue weighted by Crippen LogP contribution is 2.21. The summed E-state index contributed by atoms with van der Waals surface area (Å²) in [5.41, 5.74) is 7.38. The van der Waals surface area contributed by atoms with Crippen LogP contribution in [0, 0.1) is 0 Å². The van der Waals surface area contributed by atoms with Crippen LogP contribution in [0.2, 0.25) is 0 Å². The number of nitrogen functional groups attached to an aromatic ring is 1. The smallest absolute Gasteiger partial charge is 0.258 e. The molecule has 0 amide bonds. The number of fused-ring (bicyclic) bond motifs is 1. The number of ether oxygens (including phenoxy) is 1. The van der Waals surface area contributed by atoms with Gasteiger partial charge in [0.2, 0.25) is 0 Å². The van der Waals surface area contributed by atoms with E-state index in [-0.39, 0.29) is 6.10 Å². The van der Waals surface area contributed by atoms with Gasteiger partial charge < -0.3 is 10.5 Å². The number of hydrogen-bond donors (Lipinski definition) is 1. The molecule has 0 radical (unpaired) electrons. The number of hydrogen-bond acceptors (Lipinski definition) is 4. The Bertz CT molecular complexity index is 499. The fourth-order valence-corrected chi connectivity index (χ4v) is 1.36. The van der Waals surface area contributed by atoms with Gasteiger partial charge in [-0.25, -0.2) is 9.97 Å². The molecule has 0 spiro atoms. The number of nitrogens with two attached hydrogens (primary N) is 1. The van der Waals surface area contributed by atoms with E-state index in [9.17, 15) is 0 Å². The fourth-order valence-electron chi connectivity index (χ4n) is 1.36. The summed E-state index contributed by atoms with van der Waals surface area (Å²) in [4.78, 5) is 8.61. The van der Waals surface area contributed by atoms with Crippen LogP contribution in [0.1, 0.15) is 20.3 Å². The Kier molecular flexibility index (Phi) is 2.90. The van der Waals surface area contributed by atoms with E-state index in [1.807, 2.05) is 31.2 Å². The first kappa shape index (κ1) is 10.7. The van der Waals surface area contributed by atoms with Gasteiger partial charge in [-0.1, -0.05) is 19.1 Å². The van der Waals surface area contributed by atoms with Gasteiger partial charge in [0.05, 0.1) is 17.1 Å². The molecule has 4 heteroatoms. The predicted octanol–water partition coefficient (Wildman–Crippen LogP) is 2.39. The van der Waals surface area contributed by atoms with Crippen LogP contribution in [0.3, 0.4) is 0 Å².